The number of likely N-dealkylation sites (tertiary alicyclic amines) is 1. The molecule has 0 radical (unpaired) electrons. The molecule has 6 heteroatoms. The molecule has 0 bridgehead atoms. The summed E-state index contributed by atoms with van der Waals surface area (Å²) in [6.45, 7) is 5.04. The van der Waals surface area contributed by atoms with Gasteiger partial charge in [0.05, 0.1) is 23.0 Å². The number of pyridine rings is 3. The van der Waals surface area contributed by atoms with Crippen molar-refractivity contribution in [1.29, 1.82) is 0 Å². The van der Waals surface area contributed by atoms with E-state index in [-0.39, 0.29) is 0 Å². The zero-order chi connectivity index (χ0) is 19.5. The second-order valence-corrected chi connectivity index (χ2v) is 7.57. The number of aromatic nitrogens is 3. The van der Waals surface area contributed by atoms with Crippen molar-refractivity contribution in [3.8, 4) is 5.88 Å². The summed E-state index contributed by atoms with van der Waals surface area (Å²) in [5.41, 5.74) is 1.81. The Morgan fingerprint density at radius 2 is 1.90 bits per heavy atom. The lowest BCUT2D eigenvalue weighted by Crippen LogP contribution is -2.37. The second-order valence-electron chi connectivity index (χ2n) is 7.57. The molecule has 1 saturated heterocycles. The molecule has 2 aliphatic rings. The molecule has 3 aromatic rings. The summed E-state index contributed by atoms with van der Waals surface area (Å²) in [7, 11) is 0. The number of hydrogen-bond acceptors (Lipinski definition) is 6. The van der Waals surface area contributed by atoms with E-state index in [1.807, 2.05) is 30.3 Å². The van der Waals surface area contributed by atoms with Crippen molar-refractivity contribution in [2.75, 3.05) is 37.7 Å². The van der Waals surface area contributed by atoms with Gasteiger partial charge < -0.3 is 14.5 Å². The highest BCUT2D eigenvalue weighted by Gasteiger charge is 2.11. The topological polar surface area (TPSA) is 54.4 Å². The van der Waals surface area contributed by atoms with Gasteiger partial charge in [0.1, 0.15) is 5.82 Å². The first-order valence-electron chi connectivity index (χ1n) is 10.4. The molecule has 0 amide bonds. The smallest absolute Gasteiger partial charge is 0.213 e. The van der Waals surface area contributed by atoms with E-state index in [9.17, 15) is 0 Å². The Morgan fingerprint density at radius 1 is 0.966 bits per heavy atom. The third-order valence-corrected chi connectivity index (χ3v) is 5.51. The number of anilines is 1. The summed E-state index contributed by atoms with van der Waals surface area (Å²) in [6, 6.07) is 12.0. The van der Waals surface area contributed by atoms with Gasteiger partial charge in [0.25, 0.3) is 0 Å². The van der Waals surface area contributed by atoms with Crippen LogP contribution in [0.1, 0.15) is 19.3 Å². The van der Waals surface area contributed by atoms with Crippen LogP contribution in [-0.2, 0) is 0 Å². The monoisotopic (exact) mass is 387 g/mol. The highest BCUT2D eigenvalue weighted by atomic mass is 16.5. The highest BCUT2D eigenvalue weighted by molar-refractivity contribution is 5.77. The minimum Gasteiger partial charge on any atom is -0.478 e. The van der Waals surface area contributed by atoms with Gasteiger partial charge in [-0.15, -0.1) is 0 Å². The molecule has 0 aliphatic carbocycles. The summed E-state index contributed by atoms with van der Waals surface area (Å²) in [5.74, 6) is 1.62. The van der Waals surface area contributed by atoms with Crippen molar-refractivity contribution in [3.63, 3.8) is 0 Å². The van der Waals surface area contributed by atoms with Crippen molar-refractivity contribution in [3.05, 3.63) is 53.2 Å². The fourth-order valence-electron chi connectivity index (χ4n) is 3.96. The fourth-order valence-corrected chi connectivity index (χ4v) is 3.96. The molecule has 5 rings (SSSR count). The molecular formula is C23H25N5O. The molecular weight excluding hydrogens is 362 g/mol. The Hall–Kier alpha value is -2.99. The van der Waals surface area contributed by atoms with Gasteiger partial charge in [-0.2, -0.15) is 0 Å². The molecule has 148 valence electrons. The van der Waals surface area contributed by atoms with E-state index in [4.69, 9.17) is 9.72 Å². The Labute approximate surface area is 170 Å². The predicted octanol–water partition coefficient (Wildman–Crippen LogP) is 1.93. The van der Waals surface area contributed by atoms with Crippen LogP contribution in [0.5, 0.6) is 5.88 Å². The van der Waals surface area contributed by atoms with Crippen molar-refractivity contribution in [2.24, 2.45) is 0 Å². The van der Waals surface area contributed by atoms with Gasteiger partial charge in [-0.05, 0) is 68.8 Å². The highest BCUT2D eigenvalue weighted by Crippen LogP contribution is 2.17. The van der Waals surface area contributed by atoms with Crippen LogP contribution < -0.4 is 20.2 Å². The van der Waals surface area contributed by atoms with Crippen LogP contribution in [0.15, 0.2) is 42.6 Å². The van der Waals surface area contributed by atoms with Gasteiger partial charge in [-0.25, -0.2) is 9.97 Å². The Kier molecular flexibility index (Phi) is 5.09. The van der Waals surface area contributed by atoms with Crippen LogP contribution in [0.4, 0.5) is 5.82 Å². The van der Waals surface area contributed by atoms with E-state index in [1.165, 1.54) is 25.9 Å². The van der Waals surface area contributed by atoms with Gasteiger partial charge in [0.2, 0.25) is 5.88 Å². The van der Waals surface area contributed by atoms with Crippen molar-refractivity contribution < 1.29 is 4.74 Å². The summed E-state index contributed by atoms with van der Waals surface area (Å²) in [5, 5.41) is 2.05. The zero-order valence-electron chi connectivity index (χ0n) is 16.5. The molecule has 0 unspecified atom stereocenters. The molecule has 0 atom stereocenters. The predicted molar refractivity (Wildman–Crippen MR) is 115 cm³/mol. The normalized spacial score (nSPS) is 16.3. The third-order valence-electron chi connectivity index (χ3n) is 5.51. The van der Waals surface area contributed by atoms with Gasteiger partial charge in [-0.1, -0.05) is 0 Å². The SMILES string of the molecule is C1=c2ccc(OCCCN3CCCC3)nc2=CCN1c1ccc2ncccc2n1. The van der Waals surface area contributed by atoms with Gasteiger partial charge in [-0.3, -0.25) is 4.98 Å². The molecule has 6 nitrogen and oxygen atoms in total. The van der Waals surface area contributed by atoms with Crippen LogP contribution in [-0.4, -0.2) is 52.6 Å². The number of fused-ring (bicyclic) bond motifs is 2. The van der Waals surface area contributed by atoms with E-state index >= 15 is 0 Å². The van der Waals surface area contributed by atoms with Crippen LogP contribution in [0.3, 0.4) is 0 Å². The third kappa shape index (κ3) is 4.07. The number of ether oxygens (including phenoxy) is 1. The standard InChI is InChI=1S/C23H25N5O/c1-2-13-27(12-1)14-4-16-29-23-9-6-18-17-28(15-10-19(18)26-23)22-8-7-20-21(25-22)5-3-11-24-20/h3,5-11,17H,1-2,4,12-16H2. The fraction of sp³-hybridized carbons (Fsp3) is 0.348. The van der Waals surface area contributed by atoms with E-state index in [1.54, 1.807) is 6.20 Å². The van der Waals surface area contributed by atoms with Crippen molar-refractivity contribution in [1.82, 2.24) is 19.9 Å². The minimum atomic E-state index is 0.707. The van der Waals surface area contributed by atoms with E-state index in [0.717, 1.165) is 46.9 Å². The first-order valence-corrected chi connectivity index (χ1v) is 10.4. The largest absolute Gasteiger partial charge is 0.478 e. The molecule has 0 N–H and O–H groups in total. The Balaban J connectivity index is 1.27. The molecule has 0 saturated carbocycles. The number of hydrogen-bond donors (Lipinski definition) is 0. The maximum absolute atomic E-state index is 5.89. The summed E-state index contributed by atoms with van der Waals surface area (Å²) in [4.78, 5) is 18.4. The van der Waals surface area contributed by atoms with Crippen molar-refractivity contribution in [2.45, 2.75) is 19.3 Å². The quantitative estimate of drug-likeness (QED) is 0.603. The lowest BCUT2D eigenvalue weighted by atomic mass is 10.2. The molecule has 2 aliphatic heterocycles. The van der Waals surface area contributed by atoms with Crippen LogP contribution in [0.25, 0.3) is 23.3 Å². The maximum Gasteiger partial charge on any atom is 0.213 e. The van der Waals surface area contributed by atoms with E-state index in [2.05, 4.69) is 38.1 Å². The average molecular weight is 387 g/mol. The maximum atomic E-state index is 5.89. The molecule has 0 spiro atoms. The van der Waals surface area contributed by atoms with Gasteiger partial charge in [0.15, 0.2) is 0 Å². The lowest BCUT2D eigenvalue weighted by Gasteiger charge is -2.20. The van der Waals surface area contributed by atoms with E-state index in [0.29, 0.717) is 12.5 Å². The zero-order valence-corrected chi connectivity index (χ0v) is 16.5. The summed E-state index contributed by atoms with van der Waals surface area (Å²) >= 11 is 0. The van der Waals surface area contributed by atoms with Gasteiger partial charge in [0, 0.05) is 36.8 Å². The average Bonchev–Trinajstić information content (AvgIpc) is 3.29. The van der Waals surface area contributed by atoms with Crippen LogP contribution >= 0.6 is 0 Å². The molecule has 29 heavy (non-hydrogen) atoms. The first-order chi connectivity index (χ1) is 14.3. The minimum absolute atomic E-state index is 0.707. The van der Waals surface area contributed by atoms with Crippen LogP contribution in [0.2, 0.25) is 0 Å². The molecule has 1 fully saturated rings. The Morgan fingerprint density at radius 3 is 2.83 bits per heavy atom. The van der Waals surface area contributed by atoms with E-state index < -0.39 is 0 Å². The first kappa shape index (κ1) is 18.1. The van der Waals surface area contributed by atoms with Crippen molar-refractivity contribution >= 4 is 29.1 Å². The second kappa shape index (κ2) is 8.17. The van der Waals surface area contributed by atoms with Gasteiger partial charge >= 0.3 is 0 Å². The molecule has 0 aromatic carbocycles. The van der Waals surface area contributed by atoms with Crippen LogP contribution in [0, 0.1) is 0 Å². The summed E-state index contributed by atoms with van der Waals surface area (Å²) in [6.07, 6.45) is 9.74. The Bertz CT molecular complexity index is 1120. The summed E-state index contributed by atoms with van der Waals surface area (Å²) < 4.78 is 5.89. The molecule has 3 aromatic heterocycles. The number of nitrogens with zero attached hydrogens (tertiary/aromatic N) is 5. The lowest BCUT2D eigenvalue weighted by molar-refractivity contribution is 0.256. The number of rotatable bonds is 6. The molecule has 5 heterocycles.